The highest BCUT2D eigenvalue weighted by atomic mass is 35.5. The van der Waals surface area contributed by atoms with E-state index >= 15 is 0 Å². The molecule has 2 atom stereocenters. The van der Waals surface area contributed by atoms with Crippen LogP contribution in [-0.4, -0.2) is 60.1 Å². The van der Waals surface area contributed by atoms with E-state index in [0.717, 1.165) is 73.7 Å². The van der Waals surface area contributed by atoms with Crippen molar-refractivity contribution in [3.8, 4) is 0 Å². The normalized spacial score (nSPS) is 18.4. The monoisotopic (exact) mass is 591 g/mol. The van der Waals surface area contributed by atoms with Crippen LogP contribution in [0.25, 0.3) is 10.8 Å². The number of hydrogen-bond acceptors (Lipinski definition) is 4. The van der Waals surface area contributed by atoms with Crippen LogP contribution in [0.5, 0.6) is 0 Å². The minimum atomic E-state index is -0.193. The number of piperidine rings is 1. The number of nitrogens with zero attached hydrogens (tertiary/aromatic N) is 2. The SMILES string of the molecule is C=C(/C=C\C/C=C\C)CC1CCCN1C(=O)CN1CCC[C@H](NC(=O)c2ccc3cc(Cl)ccc3c2)C1=C.C=O.CC. The molecular weight excluding hydrogens is 546 g/mol. The molecule has 0 bridgehead atoms. The summed E-state index contributed by atoms with van der Waals surface area (Å²) in [5.74, 6) is -0.0127. The smallest absolute Gasteiger partial charge is 0.251 e. The first-order valence-corrected chi connectivity index (χ1v) is 15.2. The molecule has 0 radical (unpaired) electrons. The van der Waals surface area contributed by atoms with Crippen LogP contribution in [0.15, 0.2) is 85.1 Å². The van der Waals surface area contributed by atoms with Gasteiger partial charge in [0.05, 0.1) is 12.6 Å². The van der Waals surface area contributed by atoms with Gasteiger partial charge in [0.25, 0.3) is 5.91 Å². The third kappa shape index (κ3) is 9.73. The van der Waals surface area contributed by atoms with Crippen molar-refractivity contribution in [2.45, 2.75) is 71.4 Å². The number of rotatable bonds is 9. The summed E-state index contributed by atoms with van der Waals surface area (Å²) in [4.78, 5) is 38.5. The molecule has 226 valence electrons. The first-order chi connectivity index (χ1) is 20.4. The lowest BCUT2D eigenvalue weighted by Gasteiger charge is -2.38. The molecule has 0 aromatic heterocycles. The van der Waals surface area contributed by atoms with Crippen molar-refractivity contribution in [3.05, 3.63) is 95.7 Å². The third-order valence-corrected chi connectivity index (χ3v) is 7.72. The molecule has 4 rings (SSSR count). The zero-order valence-electron chi connectivity index (χ0n) is 25.4. The zero-order valence-corrected chi connectivity index (χ0v) is 26.2. The quantitative estimate of drug-likeness (QED) is 0.242. The van der Waals surface area contributed by atoms with E-state index in [1.165, 1.54) is 0 Å². The molecule has 1 N–H and O–H groups in total. The fraction of sp³-hybridized carbons (Fsp3) is 0.400. The fourth-order valence-corrected chi connectivity index (χ4v) is 5.58. The van der Waals surface area contributed by atoms with Gasteiger partial charge in [-0.15, -0.1) is 0 Å². The molecular formula is C35H46ClN3O3. The van der Waals surface area contributed by atoms with Crippen LogP contribution >= 0.6 is 11.6 Å². The molecule has 0 spiro atoms. The summed E-state index contributed by atoms with van der Waals surface area (Å²) < 4.78 is 0. The van der Waals surface area contributed by atoms with Crippen LogP contribution in [0.4, 0.5) is 0 Å². The zero-order chi connectivity index (χ0) is 31.1. The lowest BCUT2D eigenvalue weighted by molar-refractivity contribution is -0.133. The molecule has 42 heavy (non-hydrogen) atoms. The highest BCUT2D eigenvalue weighted by Crippen LogP contribution is 2.26. The van der Waals surface area contributed by atoms with Crippen LogP contribution in [0, 0.1) is 0 Å². The summed E-state index contributed by atoms with van der Waals surface area (Å²) in [7, 11) is 0. The van der Waals surface area contributed by atoms with E-state index in [1.807, 2.05) is 79.8 Å². The molecule has 6 nitrogen and oxygen atoms in total. The van der Waals surface area contributed by atoms with Crippen molar-refractivity contribution in [1.82, 2.24) is 15.1 Å². The van der Waals surface area contributed by atoms with E-state index in [2.05, 4.69) is 36.7 Å². The Morgan fingerprint density at radius 1 is 1.02 bits per heavy atom. The number of halogens is 1. The van der Waals surface area contributed by atoms with Crippen molar-refractivity contribution in [2.24, 2.45) is 0 Å². The average Bonchev–Trinajstić information content (AvgIpc) is 3.47. The lowest BCUT2D eigenvalue weighted by Crippen LogP contribution is -2.49. The number of fused-ring (bicyclic) bond motifs is 1. The standard InChI is InChI=1S/C32H38ClN3O2.C2H6.CH2O/c1-4-5-6-7-10-23(2)19-29-11-8-18-36(29)31(37)22-35-17-9-12-30(24(35)3)34-32(38)27-14-13-26-21-28(33)16-15-25(26)20-27;2*1-2/h4-5,7,10,13-16,20-21,29-30H,2-3,6,8-9,11-12,17-19,22H2,1H3,(H,34,38);1-2H3;1H2/b5-4-,10-7-;;/t29?,30-;;/m0../s1. The molecule has 2 saturated heterocycles. The number of carbonyl (C=O) groups excluding carboxylic acids is 3. The van der Waals surface area contributed by atoms with Crippen LogP contribution in [-0.2, 0) is 9.59 Å². The topological polar surface area (TPSA) is 69.7 Å². The summed E-state index contributed by atoms with van der Waals surface area (Å²) in [6, 6.07) is 11.2. The van der Waals surface area contributed by atoms with Gasteiger partial charge in [-0.25, -0.2) is 0 Å². The Bertz CT molecular complexity index is 1290. The molecule has 2 aliphatic heterocycles. The molecule has 1 unspecified atom stereocenters. The maximum atomic E-state index is 13.3. The van der Waals surface area contributed by atoms with Gasteiger partial charge in [0.15, 0.2) is 0 Å². The maximum absolute atomic E-state index is 13.3. The molecule has 0 aliphatic carbocycles. The highest BCUT2D eigenvalue weighted by molar-refractivity contribution is 6.31. The number of amides is 2. The number of likely N-dealkylation sites (tertiary alicyclic amines) is 2. The van der Waals surface area contributed by atoms with E-state index in [9.17, 15) is 9.59 Å². The Morgan fingerprint density at radius 3 is 2.45 bits per heavy atom. The van der Waals surface area contributed by atoms with Crippen LogP contribution in [0.1, 0.15) is 69.7 Å². The summed E-state index contributed by atoms with van der Waals surface area (Å²) in [5.41, 5.74) is 2.46. The van der Waals surface area contributed by atoms with Gasteiger partial charge in [-0.05, 0) is 80.5 Å². The first kappa shape index (κ1) is 34.6. The van der Waals surface area contributed by atoms with Gasteiger partial charge < -0.3 is 19.9 Å². The van der Waals surface area contributed by atoms with Crippen LogP contribution in [0.3, 0.4) is 0 Å². The van der Waals surface area contributed by atoms with E-state index in [-0.39, 0.29) is 23.9 Å². The average molecular weight is 592 g/mol. The number of benzene rings is 2. The fourth-order valence-electron chi connectivity index (χ4n) is 5.40. The lowest BCUT2D eigenvalue weighted by atomic mass is 10.0. The minimum absolute atomic E-state index is 0.125. The number of allylic oxidation sites excluding steroid dienone is 4. The largest absolute Gasteiger partial charge is 0.364 e. The van der Waals surface area contributed by atoms with Gasteiger partial charge in [0, 0.05) is 35.4 Å². The Balaban J connectivity index is 0.00000148. The van der Waals surface area contributed by atoms with Crippen LogP contribution in [0.2, 0.25) is 5.02 Å². The Morgan fingerprint density at radius 2 is 1.71 bits per heavy atom. The Labute approximate surface area is 256 Å². The molecule has 2 fully saturated rings. The molecule has 7 heteroatoms. The molecule has 2 aromatic rings. The van der Waals surface area contributed by atoms with E-state index in [1.54, 1.807) is 0 Å². The van der Waals surface area contributed by atoms with Gasteiger partial charge in [-0.3, -0.25) is 9.59 Å². The molecule has 2 amide bonds. The van der Waals surface area contributed by atoms with E-state index in [4.69, 9.17) is 16.4 Å². The Hall–Kier alpha value is -3.64. The predicted octanol–water partition coefficient (Wildman–Crippen LogP) is 7.50. The van der Waals surface area contributed by atoms with Crippen LogP contribution < -0.4 is 5.32 Å². The van der Waals surface area contributed by atoms with Gasteiger partial charge in [0.1, 0.15) is 6.79 Å². The second-order valence-corrected chi connectivity index (χ2v) is 10.7. The summed E-state index contributed by atoms with van der Waals surface area (Å²) in [6.45, 7) is 18.3. The number of hydrogen-bond donors (Lipinski definition) is 1. The molecule has 2 aliphatic rings. The van der Waals surface area contributed by atoms with Crippen molar-refractivity contribution in [2.75, 3.05) is 19.6 Å². The summed E-state index contributed by atoms with van der Waals surface area (Å²) >= 11 is 6.09. The molecule has 0 saturated carbocycles. The molecule has 2 heterocycles. The van der Waals surface area contributed by atoms with E-state index in [0.29, 0.717) is 17.1 Å². The summed E-state index contributed by atoms with van der Waals surface area (Å²) in [5, 5.41) is 5.77. The second kappa shape index (κ2) is 18.0. The van der Waals surface area contributed by atoms with Gasteiger partial charge in [-0.2, -0.15) is 0 Å². The maximum Gasteiger partial charge on any atom is 0.251 e. The highest BCUT2D eigenvalue weighted by Gasteiger charge is 2.32. The third-order valence-electron chi connectivity index (χ3n) is 7.48. The first-order valence-electron chi connectivity index (χ1n) is 14.8. The van der Waals surface area contributed by atoms with Gasteiger partial charge in [0.2, 0.25) is 5.91 Å². The predicted molar refractivity (Wildman–Crippen MR) is 176 cm³/mol. The molecule has 2 aromatic carbocycles. The van der Waals surface area contributed by atoms with Gasteiger partial charge >= 0.3 is 0 Å². The second-order valence-electron chi connectivity index (χ2n) is 10.2. The van der Waals surface area contributed by atoms with Crippen molar-refractivity contribution in [3.63, 3.8) is 0 Å². The Kier molecular flexibility index (Phi) is 14.8. The number of carbonyl (C=O) groups is 3. The summed E-state index contributed by atoms with van der Waals surface area (Å²) in [6.07, 6.45) is 13.8. The van der Waals surface area contributed by atoms with Crippen molar-refractivity contribution < 1.29 is 14.4 Å². The number of nitrogens with one attached hydrogen (secondary N) is 1. The van der Waals surface area contributed by atoms with Gasteiger partial charge in [-0.1, -0.05) is 80.6 Å². The van der Waals surface area contributed by atoms with Crippen molar-refractivity contribution >= 4 is 41.0 Å². The van der Waals surface area contributed by atoms with E-state index < -0.39 is 0 Å². The minimum Gasteiger partial charge on any atom is -0.364 e. The van der Waals surface area contributed by atoms with Crippen molar-refractivity contribution in [1.29, 1.82) is 0 Å².